The minimum Gasteiger partial charge on any atom is -0.351 e. The first kappa shape index (κ1) is 14.8. The Balaban J connectivity index is 1.48. The lowest BCUT2D eigenvalue weighted by Gasteiger charge is -2.40. The van der Waals surface area contributed by atoms with Crippen LogP contribution in [0.1, 0.15) is 38.1 Å². The van der Waals surface area contributed by atoms with E-state index in [0.717, 1.165) is 32.2 Å². The standard InChI is InChI=1S/C15H21F2N5O/c16-13(17)12-6-11(20-15-18-8-19-22(12)15)10-2-1-5-21(7-10)14(23)9-3-4-9/h8-13H,1-7H2,(H,18,19,20)/t10-,11-,12+/m0/s1. The van der Waals surface area contributed by atoms with E-state index in [9.17, 15) is 13.6 Å². The molecule has 0 bridgehead atoms. The summed E-state index contributed by atoms with van der Waals surface area (Å²) in [5.74, 6) is 1.07. The molecule has 2 aliphatic heterocycles. The molecule has 1 saturated heterocycles. The van der Waals surface area contributed by atoms with Crippen molar-refractivity contribution in [2.24, 2.45) is 11.8 Å². The Bertz CT molecular complexity index is 588. The lowest BCUT2D eigenvalue weighted by molar-refractivity contribution is -0.134. The molecule has 0 spiro atoms. The van der Waals surface area contributed by atoms with Gasteiger partial charge in [0.1, 0.15) is 12.4 Å². The Morgan fingerprint density at radius 3 is 2.91 bits per heavy atom. The molecule has 126 valence electrons. The third-order valence-electron chi connectivity index (χ3n) is 5.25. The molecule has 1 aromatic rings. The predicted molar refractivity (Wildman–Crippen MR) is 79.1 cm³/mol. The lowest BCUT2D eigenvalue weighted by atomic mass is 9.86. The SMILES string of the molecule is O=C(C1CC1)N1CCC[C@H]([C@@H]2C[C@H](C(F)F)n3ncnc3N2)C1. The van der Waals surface area contributed by atoms with Gasteiger partial charge in [0.05, 0.1) is 0 Å². The van der Waals surface area contributed by atoms with Crippen molar-refractivity contribution in [1.82, 2.24) is 19.7 Å². The molecule has 3 heterocycles. The van der Waals surface area contributed by atoms with E-state index in [-0.39, 0.29) is 23.8 Å². The third-order valence-corrected chi connectivity index (χ3v) is 5.25. The Hall–Kier alpha value is -1.73. The van der Waals surface area contributed by atoms with Gasteiger partial charge in [-0.25, -0.2) is 13.5 Å². The molecule has 0 radical (unpaired) electrons. The van der Waals surface area contributed by atoms with E-state index in [1.54, 1.807) is 0 Å². The van der Waals surface area contributed by atoms with Gasteiger partial charge in [0.2, 0.25) is 11.9 Å². The molecule has 1 N–H and O–H groups in total. The maximum Gasteiger partial charge on any atom is 0.260 e. The number of piperidine rings is 1. The second kappa shape index (κ2) is 5.72. The molecular formula is C15H21F2N5O. The number of carbonyl (C=O) groups is 1. The first-order valence-electron chi connectivity index (χ1n) is 8.36. The zero-order valence-corrected chi connectivity index (χ0v) is 12.9. The summed E-state index contributed by atoms with van der Waals surface area (Å²) < 4.78 is 28.0. The summed E-state index contributed by atoms with van der Waals surface area (Å²) in [6.07, 6.45) is 3.06. The van der Waals surface area contributed by atoms with Crippen LogP contribution in [0.2, 0.25) is 0 Å². The molecule has 1 aliphatic carbocycles. The molecule has 1 saturated carbocycles. The molecule has 0 aromatic carbocycles. The number of hydrogen-bond acceptors (Lipinski definition) is 4. The highest BCUT2D eigenvalue weighted by molar-refractivity contribution is 5.81. The summed E-state index contributed by atoms with van der Waals surface area (Å²) in [6.45, 7) is 1.46. The van der Waals surface area contributed by atoms with Crippen LogP contribution in [0, 0.1) is 11.8 Å². The lowest BCUT2D eigenvalue weighted by Crippen LogP contribution is -2.48. The number of rotatable bonds is 3. The zero-order chi connectivity index (χ0) is 16.0. The first-order valence-corrected chi connectivity index (χ1v) is 8.36. The van der Waals surface area contributed by atoms with Crippen molar-refractivity contribution in [2.45, 2.75) is 50.6 Å². The molecule has 0 unspecified atom stereocenters. The second-order valence-corrected chi connectivity index (χ2v) is 6.88. The third kappa shape index (κ3) is 2.79. The average Bonchev–Trinajstić information content (AvgIpc) is 3.30. The van der Waals surface area contributed by atoms with Crippen molar-refractivity contribution in [1.29, 1.82) is 0 Å². The number of likely N-dealkylation sites (tertiary alicyclic amines) is 1. The van der Waals surface area contributed by atoms with E-state index in [1.165, 1.54) is 11.0 Å². The fourth-order valence-corrected chi connectivity index (χ4v) is 3.83. The highest BCUT2D eigenvalue weighted by Crippen LogP contribution is 2.37. The fraction of sp³-hybridized carbons (Fsp3) is 0.800. The number of nitrogens with zero attached hydrogens (tertiary/aromatic N) is 4. The van der Waals surface area contributed by atoms with Crippen LogP contribution in [0.5, 0.6) is 0 Å². The molecule has 2 fully saturated rings. The number of fused-ring (bicyclic) bond motifs is 1. The quantitative estimate of drug-likeness (QED) is 0.922. The molecule has 8 heteroatoms. The van der Waals surface area contributed by atoms with Crippen LogP contribution in [0.3, 0.4) is 0 Å². The summed E-state index contributed by atoms with van der Waals surface area (Å²) in [4.78, 5) is 18.3. The first-order chi connectivity index (χ1) is 11.1. The average molecular weight is 325 g/mol. The van der Waals surface area contributed by atoms with Crippen LogP contribution < -0.4 is 5.32 Å². The molecule has 6 nitrogen and oxygen atoms in total. The minimum atomic E-state index is -2.46. The van der Waals surface area contributed by atoms with E-state index in [1.807, 2.05) is 4.90 Å². The molecular weight excluding hydrogens is 304 g/mol. The van der Waals surface area contributed by atoms with Gasteiger partial charge in [0.15, 0.2) is 0 Å². The van der Waals surface area contributed by atoms with Gasteiger partial charge < -0.3 is 10.2 Å². The number of nitrogens with one attached hydrogen (secondary N) is 1. The topological polar surface area (TPSA) is 63.1 Å². The van der Waals surface area contributed by atoms with Crippen LogP contribution in [-0.4, -0.2) is 51.1 Å². The second-order valence-electron chi connectivity index (χ2n) is 6.88. The monoisotopic (exact) mass is 325 g/mol. The number of anilines is 1. The minimum absolute atomic E-state index is 0.0829. The maximum atomic E-state index is 13.4. The Morgan fingerprint density at radius 2 is 2.17 bits per heavy atom. The van der Waals surface area contributed by atoms with Crippen molar-refractivity contribution in [3.63, 3.8) is 0 Å². The zero-order valence-electron chi connectivity index (χ0n) is 12.9. The summed E-state index contributed by atoms with van der Waals surface area (Å²) in [6, 6.07) is -1.02. The highest BCUT2D eigenvalue weighted by Gasteiger charge is 2.40. The molecule has 4 rings (SSSR count). The van der Waals surface area contributed by atoms with Crippen LogP contribution in [0.4, 0.5) is 14.7 Å². The van der Waals surface area contributed by atoms with Crippen molar-refractivity contribution < 1.29 is 13.6 Å². The number of hydrogen-bond donors (Lipinski definition) is 1. The summed E-state index contributed by atoms with van der Waals surface area (Å²) in [7, 11) is 0. The van der Waals surface area contributed by atoms with Crippen LogP contribution in [0.25, 0.3) is 0 Å². The Kier molecular flexibility index (Phi) is 3.69. The van der Waals surface area contributed by atoms with E-state index in [2.05, 4.69) is 15.4 Å². The number of alkyl halides is 2. The van der Waals surface area contributed by atoms with Crippen molar-refractivity contribution >= 4 is 11.9 Å². The van der Waals surface area contributed by atoms with Gasteiger partial charge >= 0.3 is 0 Å². The summed E-state index contributed by atoms with van der Waals surface area (Å²) in [5.41, 5.74) is 0. The van der Waals surface area contributed by atoms with E-state index in [4.69, 9.17) is 0 Å². The van der Waals surface area contributed by atoms with Crippen LogP contribution in [0.15, 0.2) is 6.33 Å². The molecule has 23 heavy (non-hydrogen) atoms. The summed E-state index contributed by atoms with van der Waals surface area (Å²) >= 11 is 0. The van der Waals surface area contributed by atoms with Crippen LogP contribution >= 0.6 is 0 Å². The van der Waals surface area contributed by atoms with Gasteiger partial charge in [-0.2, -0.15) is 10.1 Å². The van der Waals surface area contributed by atoms with Crippen molar-refractivity contribution in [3.8, 4) is 0 Å². The largest absolute Gasteiger partial charge is 0.351 e. The van der Waals surface area contributed by atoms with Gasteiger partial charge in [-0.3, -0.25) is 4.79 Å². The van der Waals surface area contributed by atoms with Gasteiger partial charge in [0, 0.05) is 25.0 Å². The highest BCUT2D eigenvalue weighted by atomic mass is 19.3. The van der Waals surface area contributed by atoms with E-state index >= 15 is 0 Å². The van der Waals surface area contributed by atoms with Gasteiger partial charge in [-0.15, -0.1) is 0 Å². The molecule has 1 amide bonds. The Labute approximate surface area is 133 Å². The van der Waals surface area contributed by atoms with Gasteiger partial charge in [-0.05, 0) is 38.0 Å². The van der Waals surface area contributed by atoms with Gasteiger partial charge in [-0.1, -0.05) is 0 Å². The Morgan fingerprint density at radius 1 is 1.35 bits per heavy atom. The fourth-order valence-electron chi connectivity index (χ4n) is 3.83. The summed E-state index contributed by atoms with van der Waals surface area (Å²) in [5, 5.41) is 7.17. The maximum absolute atomic E-state index is 13.4. The number of halogens is 2. The van der Waals surface area contributed by atoms with Gasteiger partial charge in [0.25, 0.3) is 6.43 Å². The smallest absolute Gasteiger partial charge is 0.260 e. The van der Waals surface area contributed by atoms with E-state index in [0.29, 0.717) is 18.9 Å². The molecule has 3 atom stereocenters. The van der Waals surface area contributed by atoms with Crippen molar-refractivity contribution in [3.05, 3.63) is 6.33 Å². The molecule has 1 aromatic heterocycles. The normalized spacial score (nSPS) is 30.9. The van der Waals surface area contributed by atoms with E-state index < -0.39 is 12.5 Å². The predicted octanol–water partition coefficient (Wildman–Crippen LogP) is 1.92. The van der Waals surface area contributed by atoms with Crippen LogP contribution in [-0.2, 0) is 4.79 Å². The number of aromatic nitrogens is 3. The molecule has 3 aliphatic rings. The number of carbonyl (C=O) groups excluding carboxylic acids is 1. The van der Waals surface area contributed by atoms with Crippen molar-refractivity contribution in [2.75, 3.05) is 18.4 Å². The number of amides is 1.